The van der Waals surface area contributed by atoms with Gasteiger partial charge in [-0.05, 0) is 60.5 Å². The van der Waals surface area contributed by atoms with E-state index in [1.165, 1.54) is 0 Å². The highest BCUT2D eigenvalue weighted by Gasteiger charge is 2.24. The standard InChI is InChI=1S/C20H24ClNO2.C10H11N3O/c1-4-5-9-20(16-7-6-8-19(14-16)24-3)22(15(2)23)18-12-10-17(21)11-13-18;1-13-7-9(11-12-13)8-5-3-4-6-10(8)14-2/h6-8,10-14,20H,4-5,9H2,1-3H3;3-7H,1-2H3/t20-;/m1./s1. The molecule has 1 aromatic heterocycles. The van der Waals surface area contributed by atoms with Crippen LogP contribution in [-0.4, -0.2) is 35.1 Å². The van der Waals surface area contributed by atoms with E-state index in [1.54, 1.807) is 25.8 Å². The molecule has 0 aliphatic heterocycles. The second-order valence-corrected chi connectivity index (χ2v) is 9.21. The maximum atomic E-state index is 12.4. The van der Waals surface area contributed by atoms with E-state index >= 15 is 0 Å². The van der Waals surface area contributed by atoms with Crippen molar-refractivity contribution in [3.8, 4) is 22.8 Å². The van der Waals surface area contributed by atoms with Crippen LogP contribution in [0.25, 0.3) is 11.3 Å². The highest BCUT2D eigenvalue weighted by molar-refractivity contribution is 6.30. The molecule has 1 atom stereocenters. The van der Waals surface area contributed by atoms with Crippen molar-refractivity contribution in [1.29, 1.82) is 0 Å². The number of carbonyl (C=O) groups is 1. The Bertz CT molecular complexity index is 1310. The number of anilines is 1. The third-order valence-electron chi connectivity index (χ3n) is 6.05. The van der Waals surface area contributed by atoms with Gasteiger partial charge in [-0.3, -0.25) is 9.48 Å². The molecule has 4 aromatic rings. The van der Waals surface area contributed by atoms with Crippen LogP contribution in [0.1, 0.15) is 44.7 Å². The van der Waals surface area contributed by atoms with Crippen LogP contribution in [0.15, 0.2) is 79.0 Å². The number of unbranched alkanes of at least 4 members (excludes halogenated alkanes) is 1. The van der Waals surface area contributed by atoms with Gasteiger partial charge in [0.05, 0.1) is 26.5 Å². The zero-order valence-corrected chi connectivity index (χ0v) is 23.4. The topological polar surface area (TPSA) is 69.5 Å². The van der Waals surface area contributed by atoms with Crippen LogP contribution in [0, 0.1) is 0 Å². The third-order valence-corrected chi connectivity index (χ3v) is 6.30. The number of benzene rings is 3. The molecule has 1 heterocycles. The van der Waals surface area contributed by atoms with E-state index < -0.39 is 0 Å². The maximum Gasteiger partial charge on any atom is 0.224 e. The van der Waals surface area contributed by atoms with E-state index in [0.717, 1.165) is 53.3 Å². The average Bonchev–Trinajstić information content (AvgIpc) is 3.38. The molecule has 0 aliphatic rings. The maximum absolute atomic E-state index is 12.4. The van der Waals surface area contributed by atoms with Crippen molar-refractivity contribution in [1.82, 2.24) is 15.0 Å². The Morgan fingerprint density at radius 3 is 2.37 bits per heavy atom. The van der Waals surface area contributed by atoms with Gasteiger partial charge >= 0.3 is 0 Å². The molecule has 0 fully saturated rings. The normalized spacial score (nSPS) is 11.2. The molecule has 0 saturated carbocycles. The summed E-state index contributed by atoms with van der Waals surface area (Å²) >= 11 is 6.00. The molecule has 38 heavy (non-hydrogen) atoms. The molecule has 0 radical (unpaired) electrons. The zero-order valence-electron chi connectivity index (χ0n) is 22.6. The molecule has 8 heteroatoms. The Hall–Kier alpha value is -3.84. The number of aryl methyl sites for hydroxylation is 1. The van der Waals surface area contributed by atoms with Crippen molar-refractivity contribution in [2.75, 3.05) is 19.1 Å². The van der Waals surface area contributed by atoms with Gasteiger partial charge in [0.2, 0.25) is 5.91 Å². The summed E-state index contributed by atoms with van der Waals surface area (Å²) in [6, 6.07) is 23.1. The predicted octanol–water partition coefficient (Wildman–Crippen LogP) is 7.12. The van der Waals surface area contributed by atoms with Crippen LogP contribution in [0.3, 0.4) is 0 Å². The second-order valence-electron chi connectivity index (χ2n) is 8.78. The minimum Gasteiger partial charge on any atom is -0.497 e. The number of hydrogen-bond donors (Lipinski definition) is 0. The summed E-state index contributed by atoms with van der Waals surface area (Å²) in [6.45, 7) is 3.76. The van der Waals surface area contributed by atoms with Crippen LogP contribution < -0.4 is 14.4 Å². The molecule has 0 saturated heterocycles. The van der Waals surface area contributed by atoms with Crippen molar-refractivity contribution in [3.63, 3.8) is 0 Å². The minimum atomic E-state index is -0.0290. The van der Waals surface area contributed by atoms with Crippen molar-refractivity contribution in [2.24, 2.45) is 7.05 Å². The molecule has 0 aliphatic carbocycles. The van der Waals surface area contributed by atoms with Crippen LogP contribution in [-0.2, 0) is 11.8 Å². The monoisotopic (exact) mass is 534 g/mol. The first-order chi connectivity index (χ1) is 18.4. The fourth-order valence-electron chi connectivity index (χ4n) is 4.20. The van der Waals surface area contributed by atoms with Gasteiger partial charge in [0.15, 0.2) is 0 Å². The van der Waals surface area contributed by atoms with E-state index in [1.807, 2.05) is 84.9 Å². The van der Waals surface area contributed by atoms with Gasteiger partial charge < -0.3 is 14.4 Å². The summed E-state index contributed by atoms with van der Waals surface area (Å²) < 4.78 is 12.3. The molecular weight excluding hydrogens is 500 g/mol. The van der Waals surface area contributed by atoms with E-state index in [9.17, 15) is 4.79 Å². The highest BCUT2D eigenvalue weighted by atomic mass is 35.5. The quantitative estimate of drug-likeness (QED) is 0.228. The van der Waals surface area contributed by atoms with Crippen LogP contribution in [0.4, 0.5) is 5.69 Å². The molecular formula is C30H35ClN4O3. The number of carbonyl (C=O) groups excluding carboxylic acids is 1. The summed E-state index contributed by atoms with van der Waals surface area (Å²) in [5.41, 5.74) is 3.72. The van der Waals surface area contributed by atoms with Gasteiger partial charge in [-0.1, -0.05) is 60.8 Å². The Balaban J connectivity index is 0.000000241. The SMILES string of the molecule is CCCC[C@H](c1cccc(OC)c1)N(C(C)=O)c1ccc(Cl)cc1.COc1ccccc1-c1cn(C)nn1. The lowest BCUT2D eigenvalue weighted by atomic mass is 9.98. The van der Waals surface area contributed by atoms with E-state index in [2.05, 4.69) is 23.3 Å². The molecule has 0 N–H and O–H groups in total. The lowest BCUT2D eigenvalue weighted by Gasteiger charge is -2.32. The third kappa shape index (κ3) is 7.59. The number of methoxy groups -OCH3 is 2. The summed E-state index contributed by atoms with van der Waals surface area (Å²) in [5.74, 6) is 1.63. The molecule has 7 nitrogen and oxygen atoms in total. The van der Waals surface area contributed by atoms with Crippen LogP contribution in [0.2, 0.25) is 5.02 Å². The number of halogens is 1. The van der Waals surface area contributed by atoms with Crippen LogP contribution >= 0.6 is 11.6 Å². The molecule has 3 aromatic carbocycles. The Labute approximate surface area is 230 Å². The summed E-state index contributed by atoms with van der Waals surface area (Å²) in [4.78, 5) is 14.3. The Kier molecular flexibility index (Phi) is 10.7. The molecule has 200 valence electrons. The fraction of sp³-hybridized carbons (Fsp3) is 0.300. The fourth-order valence-corrected chi connectivity index (χ4v) is 4.33. The van der Waals surface area contributed by atoms with Crippen molar-refractivity contribution in [2.45, 2.75) is 39.2 Å². The van der Waals surface area contributed by atoms with Gasteiger partial charge in [0.1, 0.15) is 17.2 Å². The molecule has 0 bridgehead atoms. The smallest absolute Gasteiger partial charge is 0.224 e. The first-order valence-electron chi connectivity index (χ1n) is 12.6. The number of ether oxygens (including phenoxy) is 2. The number of hydrogen-bond acceptors (Lipinski definition) is 5. The van der Waals surface area contributed by atoms with Gasteiger partial charge in [-0.15, -0.1) is 5.10 Å². The van der Waals surface area contributed by atoms with Crippen molar-refractivity contribution >= 4 is 23.2 Å². The predicted molar refractivity (Wildman–Crippen MR) is 153 cm³/mol. The number of rotatable bonds is 9. The lowest BCUT2D eigenvalue weighted by Crippen LogP contribution is -2.33. The zero-order chi connectivity index (χ0) is 27.5. The number of nitrogens with zero attached hydrogens (tertiary/aromatic N) is 4. The largest absolute Gasteiger partial charge is 0.497 e. The number of para-hydroxylation sites is 1. The summed E-state index contributed by atoms with van der Waals surface area (Å²) in [5, 5.41) is 8.57. The second kappa shape index (κ2) is 14.2. The minimum absolute atomic E-state index is 0.0150. The lowest BCUT2D eigenvalue weighted by molar-refractivity contribution is -0.117. The summed E-state index contributed by atoms with van der Waals surface area (Å²) in [7, 11) is 5.14. The Morgan fingerprint density at radius 1 is 1.03 bits per heavy atom. The van der Waals surface area contributed by atoms with E-state index in [0.29, 0.717) is 5.02 Å². The van der Waals surface area contributed by atoms with Gasteiger partial charge in [0.25, 0.3) is 0 Å². The molecule has 4 rings (SSSR count). The summed E-state index contributed by atoms with van der Waals surface area (Å²) in [6.07, 6.45) is 4.87. The van der Waals surface area contributed by atoms with Crippen molar-refractivity contribution < 1.29 is 14.3 Å². The van der Waals surface area contributed by atoms with Gasteiger partial charge in [-0.2, -0.15) is 0 Å². The van der Waals surface area contributed by atoms with Gasteiger partial charge in [-0.25, -0.2) is 0 Å². The first-order valence-corrected chi connectivity index (χ1v) is 12.9. The molecule has 0 unspecified atom stereocenters. The van der Waals surface area contributed by atoms with Gasteiger partial charge in [0, 0.05) is 30.2 Å². The molecule has 0 spiro atoms. The first kappa shape index (κ1) is 28.7. The average molecular weight is 535 g/mol. The van der Waals surface area contributed by atoms with Crippen LogP contribution in [0.5, 0.6) is 11.5 Å². The Morgan fingerprint density at radius 2 is 1.76 bits per heavy atom. The van der Waals surface area contributed by atoms with E-state index in [4.69, 9.17) is 21.1 Å². The van der Waals surface area contributed by atoms with E-state index in [-0.39, 0.29) is 11.9 Å². The molecule has 1 amide bonds. The highest BCUT2D eigenvalue weighted by Crippen LogP contribution is 2.33. The van der Waals surface area contributed by atoms with Crippen molar-refractivity contribution in [3.05, 3.63) is 89.6 Å². The number of amides is 1. The number of aromatic nitrogens is 3.